The van der Waals surface area contributed by atoms with Crippen molar-refractivity contribution in [2.24, 2.45) is 17.6 Å². The Morgan fingerprint density at radius 2 is 2.12 bits per heavy atom. The van der Waals surface area contributed by atoms with E-state index in [1.807, 2.05) is 0 Å². The first-order chi connectivity index (χ1) is 8.17. The highest BCUT2D eigenvalue weighted by molar-refractivity contribution is 5.78. The van der Waals surface area contributed by atoms with Crippen LogP contribution in [0.1, 0.15) is 25.7 Å². The lowest BCUT2D eigenvalue weighted by Crippen LogP contribution is -2.39. The molecule has 0 heterocycles. The maximum absolute atomic E-state index is 11.8. The summed E-state index contributed by atoms with van der Waals surface area (Å²) >= 11 is 0. The molecule has 0 aromatic rings. The van der Waals surface area contributed by atoms with Crippen molar-refractivity contribution in [1.82, 2.24) is 5.32 Å². The SMILES string of the molecule is COCC(O)CNC(=O)C1CCC(CN)CC1. The van der Waals surface area contributed by atoms with Gasteiger partial charge in [-0.3, -0.25) is 4.79 Å². The second-order valence-corrected chi connectivity index (χ2v) is 4.81. The summed E-state index contributed by atoms with van der Waals surface area (Å²) in [4.78, 5) is 11.8. The average molecular weight is 244 g/mol. The van der Waals surface area contributed by atoms with Gasteiger partial charge in [-0.2, -0.15) is 0 Å². The lowest BCUT2D eigenvalue weighted by atomic mass is 9.81. The van der Waals surface area contributed by atoms with Gasteiger partial charge >= 0.3 is 0 Å². The molecular formula is C12H24N2O3. The van der Waals surface area contributed by atoms with Gasteiger partial charge in [0.05, 0.1) is 12.7 Å². The fourth-order valence-electron chi connectivity index (χ4n) is 2.27. The highest BCUT2D eigenvalue weighted by atomic mass is 16.5. The molecule has 1 aliphatic rings. The fourth-order valence-corrected chi connectivity index (χ4v) is 2.27. The Morgan fingerprint density at radius 1 is 1.47 bits per heavy atom. The van der Waals surface area contributed by atoms with Crippen LogP contribution < -0.4 is 11.1 Å². The number of ether oxygens (including phenoxy) is 1. The second-order valence-electron chi connectivity index (χ2n) is 4.81. The molecule has 1 atom stereocenters. The Balaban J connectivity index is 2.20. The predicted octanol–water partition coefficient (Wildman–Crippen LogP) is -0.125. The molecule has 1 amide bonds. The van der Waals surface area contributed by atoms with Crippen molar-refractivity contribution in [3.63, 3.8) is 0 Å². The maximum Gasteiger partial charge on any atom is 0.223 e. The minimum absolute atomic E-state index is 0.0515. The molecule has 4 N–H and O–H groups in total. The molecule has 0 aromatic heterocycles. The molecule has 0 saturated heterocycles. The van der Waals surface area contributed by atoms with Gasteiger partial charge < -0.3 is 20.9 Å². The molecule has 17 heavy (non-hydrogen) atoms. The van der Waals surface area contributed by atoms with Crippen LogP contribution in [0.5, 0.6) is 0 Å². The third kappa shape index (κ3) is 5.02. The smallest absolute Gasteiger partial charge is 0.223 e. The number of aliphatic hydroxyl groups excluding tert-OH is 1. The Labute approximate surface area is 103 Å². The van der Waals surface area contributed by atoms with E-state index in [1.165, 1.54) is 7.11 Å². The lowest BCUT2D eigenvalue weighted by Gasteiger charge is -2.27. The lowest BCUT2D eigenvalue weighted by molar-refractivity contribution is -0.126. The standard InChI is InChI=1S/C12H24N2O3/c1-17-8-11(15)7-14-12(16)10-4-2-9(6-13)3-5-10/h9-11,15H,2-8,13H2,1H3,(H,14,16). The quantitative estimate of drug-likeness (QED) is 0.608. The van der Waals surface area contributed by atoms with Crippen LogP contribution >= 0.6 is 0 Å². The van der Waals surface area contributed by atoms with Gasteiger partial charge in [0.25, 0.3) is 0 Å². The number of rotatable bonds is 6. The van der Waals surface area contributed by atoms with E-state index in [-0.39, 0.29) is 25.0 Å². The van der Waals surface area contributed by atoms with Gasteiger partial charge in [0, 0.05) is 19.6 Å². The number of nitrogens with two attached hydrogens (primary N) is 1. The van der Waals surface area contributed by atoms with Crippen molar-refractivity contribution >= 4 is 5.91 Å². The van der Waals surface area contributed by atoms with Crippen molar-refractivity contribution < 1.29 is 14.6 Å². The highest BCUT2D eigenvalue weighted by Crippen LogP contribution is 2.27. The van der Waals surface area contributed by atoms with E-state index in [1.54, 1.807) is 0 Å². The zero-order chi connectivity index (χ0) is 12.7. The Kier molecular flexibility index (Phi) is 6.47. The Hall–Kier alpha value is -0.650. The van der Waals surface area contributed by atoms with Crippen LogP contribution in [0.25, 0.3) is 0 Å². The van der Waals surface area contributed by atoms with Crippen LogP contribution in [0, 0.1) is 11.8 Å². The third-order valence-corrected chi connectivity index (χ3v) is 3.42. The number of carbonyl (C=O) groups excluding carboxylic acids is 1. The molecule has 1 saturated carbocycles. The molecule has 0 aromatic carbocycles. The van der Waals surface area contributed by atoms with Crippen LogP contribution in [0.4, 0.5) is 0 Å². The van der Waals surface area contributed by atoms with E-state index >= 15 is 0 Å². The number of hydrogen-bond donors (Lipinski definition) is 3. The Morgan fingerprint density at radius 3 is 2.65 bits per heavy atom. The first kappa shape index (κ1) is 14.4. The molecule has 100 valence electrons. The summed E-state index contributed by atoms with van der Waals surface area (Å²) in [5, 5.41) is 12.2. The van der Waals surface area contributed by atoms with E-state index in [2.05, 4.69) is 5.32 Å². The summed E-state index contributed by atoms with van der Waals surface area (Å²) < 4.78 is 4.79. The molecule has 0 radical (unpaired) electrons. The highest BCUT2D eigenvalue weighted by Gasteiger charge is 2.25. The second kappa shape index (κ2) is 7.63. The third-order valence-electron chi connectivity index (χ3n) is 3.42. The normalized spacial score (nSPS) is 26.5. The van der Waals surface area contributed by atoms with E-state index in [0.717, 1.165) is 32.2 Å². The van der Waals surface area contributed by atoms with E-state index in [0.29, 0.717) is 5.92 Å². The largest absolute Gasteiger partial charge is 0.389 e. The molecule has 1 unspecified atom stereocenters. The average Bonchev–Trinajstić information content (AvgIpc) is 2.36. The molecule has 5 nitrogen and oxygen atoms in total. The summed E-state index contributed by atoms with van der Waals surface area (Å²) in [5.41, 5.74) is 5.61. The summed E-state index contributed by atoms with van der Waals surface area (Å²) in [5.74, 6) is 0.723. The number of amides is 1. The Bertz CT molecular complexity index is 228. The minimum Gasteiger partial charge on any atom is -0.389 e. The number of aliphatic hydroxyl groups is 1. The molecule has 1 aliphatic carbocycles. The first-order valence-electron chi connectivity index (χ1n) is 6.32. The van der Waals surface area contributed by atoms with Crippen molar-refractivity contribution in [3.05, 3.63) is 0 Å². The monoisotopic (exact) mass is 244 g/mol. The van der Waals surface area contributed by atoms with E-state index in [9.17, 15) is 9.90 Å². The number of carbonyl (C=O) groups is 1. The van der Waals surface area contributed by atoms with Crippen LogP contribution in [0.15, 0.2) is 0 Å². The predicted molar refractivity (Wildman–Crippen MR) is 65.4 cm³/mol. The van der Waals surface area contributed by atoms with Crippen LogP contribution in [-0.4, -0.2) is 43.9 Å². The van der Waals surface area contributed by atoms with Crippen molar-refractivity contribution in [3.8, 4) is 0 Å². The maximum atomic E-state index is 11.8. The van der Waals surface area contributed by atoms with Gasteiger partial charge in [-0.25, -0.2) is 0 Å². The summed E-state index contributed by atoms with van der Waals surface area (Å²) in [6, 6.07) is 0. The van der Waals surface area contributed by atoms with Gasteiger partial charge in [-0.05, 0) is 38.1 Å². The fraction of sp³-hybridized carbons (Fsp3) is 0.917. The summed E-state index contributed by atoms with van der Waals surface area (Å²) in [6.45, 7) is 1.24. The van der Waals surface area contributed by atoms with Gasteiger partial charge in [0.2, 0.25) is 5.91 Å². The van der Waals surface area contributed by atoms with Gasteiger partial charge in [-0.1, -0.05) is 0 Å². The topological polar surface area (TPSA) is 84.6 Å². The summed E-state index contributed by atoms with van der Waals surface area (Å²) in [6.07, 6.45) is 3.27. The van der Waals surface area contributed by atoms with E-state index < -0.39 is 6.10 Å². The number of methoxy groups -OCH3 is 1. The van der Waals surface area contributed by atoms with Gasteiger partial charge in [0.1, 0.15) is 0 Å². The first-order valence-corrected chi connectivity index (χ1v) is 6.32. The van der Waals surface area contributed by atoms with Crippen molar-refractivity contribution in [2.75, 3.05) is 26.8 Å². The van der Waals surface area contributed by atoms with E-state index in [4.69, 9.17) is 10.5 Å². The molecule has 0 aliphatic heterocycles. The minimum atomic E-state index is -0.621. The molecule has 1 rings (SSSR count). The van der Waals surface area contributed by atoms with Gasteiger partial charge in [0.15, 0.2) is 0 Å². The van der Waals surface area contributed by atoms with Crippen LogP contribution in [0.2, 0.25) is 0 Å². The molecule has 5 heteroatoms. The number of nitrogens with one attached hydrogen (secondary N) is 1. The molecular weight excluding hydrogens is 220 g/mol. The van der Waals surface area contributed by atoms with Crippen molar-refractivity contribution in [1.29, 1.82) is 0 Å². The zero-order valence-electron chi connectivity index (χ0n) is 10.5. The van der Waals surface area contributed by atoms with Crippen LogP contribution in [0.3, 0.4) is 0 Å². The summed E-state index contributed by atoms with van der Waals surface area (Å²) in [7, 11) is 1.53. The molecule has 0 bridgehead atoms. The van der Waals surface area contributed by atoms with Gasteiger partial charge in [-0.15, -0.1) is 0 Å². The molecule has 1 fully saturated rings. The van der Waals surface area contributed by atoms with Crippen molar-refractivity contribution in [2.45, 2.75) is 31.8 Å². The van der Waals surface area contributed by atoms with Crippen LogP contribution in [-0.2, 0) is 9.53 Å². The zero-order valence-corrected chi connectivity index (χ0v) is 10.5. The molecule has 0 spiro atoms. The number of hydrogen-bond acceptors (Lipinski definition) is 4.